The highest BCUT2D eigenvalue weighted by atomic mass is 14.9. The van der Waals surface area contributed by atoms with Crippen LogP contribution in [0.25, 0.3) is 4.85 Å². The van der Waals surface area contributed by atoms with E-state index >= 15 is 0 Å². The summed E-state index contributed by atoms with van der Waals surface area (Å²) in [7, 11) is 0. The molecule has 0 aliphatic carbocycles. The molecule has 0 saturated heterocycles. The average Bonchev–Trinajstić information content (AvgIpc) is 2.21. The van der Waals surface area contributed by atoms with Gasteiger partial charge >= 0.3 is 0 Å². The summed E-state index contributed by atoms with van der Waals surface area (Å²) in [6.07, 6.45) is 2.83. The SMILES string of the molecule is [C-]#[N+]CCNCCCCNCCC#N. The van der Waals surface area contributed by atoms with Gasteiger partial charge in [0.05, 0.1) is 12.6 Å². The zero-order chi connectivity index (χ0) is 10.5. The van der Waals surface area contributed by atoms with Gasteiger partial charge in [-0.1, -0.05) is 0 Å². The van der Waals surface area contributed by atoms with Gasteiger partial charge in [0.15, 0.2) is 0 Å². The van der Waals surface area contributed by atoms with Gasteiger partial charge in [0.25, 0.3) is 0 Å². The Morgan fingerprint density at radius 2 is 1.71 bits per heavy atom. The van der Waals surface area contributed by atoms with Crippen molar-refractivity contribution in [3.8, 4) is 6.07 Å². The first-order valence-corrected chi connectivity index (χ1v) is 5.03. The highest BCUT2D eigenvalue weighted by molar-refractivity contribution is 4.69. The van der Waals surface area contributed by atoms with Crippen LogP contribution in [-0.4, -0.2) is 32.7 Å². The van der Waals surface area contributed by atoms with Crippen LogP contribution in [0.1, 0.15) is 19.3 Å². The Kier molecular flexibility index (Phi) is 11.0. The summed E-state index contributed by atoms with van der Waals surface area (Å²) in [5.74, 6) is 0. The van der Waals surface area contributed by atoms with E-state index in [4.69, 9.17) is 11.8 Å². The highest BCUT2D eigenvalue weighted by Crippen LogP contribution is 1.84. The molecule has 0 heterocycles. The number of nitrogens with zero attached hydrogens (tertiary/aromatic N) is 2. The van der Waals surface area contributed by atoms with Crippen molar-refractivity contribution in [3.63, 3.8) is 0 Å². The summed E-state index contributed by atoms with van der Waals surface area (Å²) in [6, 6.07) is 2.09. The van der Waals surface area contributed by atoms with E-state index in [1.807, 2.05) is 0 Å². The number of hydrogen-bond acceptors (Lipinski definition) is 3. The van der Waals surface area contributed by atoms with Crippen molar-refractivity contribution in [2.75, 3.05) is 32.7 Å². The van der Waals surface area contributed by atoms with Crippen molar-refractivity contribution in [3.05, 3.63) is 11.4 Å². The van der Waals surface area contributed by atoms with E-state index in [1.165, 1.54) is 0 Å². The Morgan fingerprint density at radius 1 is 1.07 bits per heavy atom. The van der Waals surface area contributed by atoms with Crippen molar-refractivity contribution in [2.24, 2.45) is 0 Å². The molecular weight excluding hydrogens is 176 g/mol. The fourth-order valence-corrected chi connectivity index (χ4v) is 1.03. The van der Waals surface area contributed by atoms with Gasteiger partial charge in [0.1, 0.15) is 0 Å². The Labute approximate surface area is 86.1 Å². The predicted octanol–water partition coefficient (Wildman–Crippen LogP) is 0.779. The molecule has 4 nitrogen and oxygen atoms in total. The monoisotopic (exact) mass is 194 g/mol. The van der Waals surface area contributed by atoms with Crippen molar-refractivity contribution >= 4 is 0 Å². The van der Waals surface area contributed by atoms with Crippen molar-refractivity contribution < 1.29 is 0 Å². The van der Waals surface area contributed by atoms with Crippen LogP contribution in [0.4, 0.5) is 0 Å². The summed E-state index contributed by atoms with van der Waals surface area (Å²) in [5, 5.41) is 14.6. The Balaban J connectivity index is 2.86. The standard InChI is InChI=1S/C10H18N4/c1-12-9-10-14-7-3-2-6-13-8-4-5-11/h13-14H,2-4,6-10H2. The largest absolute Gasteiger partial charge is 0.316 e. The second-order valence-electron chi connectivity index (χ2n) is 3.00. The molecule has 0 aliphatic heterocycles. The fourth-order valence-electron chi connectivity index (χ4n) is 1.03. The van der Waals surface area contributed by atoms with E-state index in [2.05, 4.69) is 21.5 Å². The lowest BCUT2D eigenvalue weighted by Crippen LogP contribution is -2.21. The van der Waals surface area contributed by atoms with Crippen LogP contribution in [0.5, 0.6) is 0 Å². The van der Waals surface area contributed by atoms with E-state index in [1.54, 1.807) is 0 Å². The molecule has 0 spiro atoms. The highest BCUT2D eigenvalue weighted by Gasteiger charge is 1.90. The minimum Gasteiger partial charge on any atom is -0.316 e. The smallest absolute Gasteiger partial charge is 0.226 e. The number of nitrogens with one attached hydrogen (secondary N) is 2. The zero-order valence-corrected chi connectivity index (χ0v) is 8.55. The van der Waals surface area contributed by atoms with E-state index < -0.39 is 0 Å². The first-order chi connectivity index (χ1) is 6.91. The Morgan fingerprint density at radius 3 is 2.29 bits per heavy atom. The van der Waals surface area contributed by atoms with Crippen LogP contribution >= 0.6 is 0 Å². The summed E-state index contributed by atoms with van der Waals surface area (Å²) < 4.78 is 0. The number of unbranched alkanes of at least 4 members (excludes halogenated alkanes) is 1. The molecule has 0 atom stereocenters. The predicted molar refractivity (Wildman–Crippen MR) is 56.7 cm³/mol. The van der Waals surface area contributed by atoms with Gasteiger partial charge in [-0.2, -0.15) is 5.26 Å². The second-order valence-corrected chi connectivity index (χ2v) is 3.00. The van der Waals surface area contributed by atoms with Crippen LogP contribution in [0.3, 0.4) is 0 Å². The molecule has 78 valence electrons. The normalized spacial score (nSPS) is 9.29. The molecule has 0 aromatic rings. The maximum absolute atomic E-state index is 8.27. The van der Waals surface area contributed by atoms with Crippen LogP contribution in [-0.2, 0) is 0 Å². The van der Waals surface area contributed by atoms with Gasteiger partial charge in [-0.05, 0) is 25.9 Å². The molecule has 0 radical (unpaired) electrons. The molecule has 0 aliphatic rings. The molecule has 2 N–H and O–H groups in total. The summed E-state index contributed by atoms with van der Waals surface area (Å²) in [4.78, 5) is 3.25. The quantitative estimate of drug-likeness (QED) is 0.421. The number of nitriles is 1. The molecule has 4 heteroatoms. The molecule has 0 bridgehead atoms. The minimum absolute atomic E-state index is 0.570. The van der Waals surface area contributed by atoms with E-state index in [0.29, 0.717) is 13.0 Å². The zero-order valence-electron chi connectivity index (χ0n) is 8.55. The van der Waals surface area contributed by atoms with Crippen molar-refractivity contribution in [1.82, 2.24) is 10.6 Å². The number of rotatable bonds is 9. The number of hydrogen-bond donors (Lipinski definition) is 2. The van der Waals surface area contributed by atoms with Crippen molar-refractivity contribution in [1.29, 1.82) is 5.26 Å². The van der Waals surface area contributed by atoms with Gasteiger partial charge < -0.3 is 15.5 Å². The molecule has 14 heavy (non-hydrogen) atoms. The van der Waals surface area contributed by atoms with Crippen molar-refractivity contribution in [2.45, 2.75) is 19.3 Å². The van der Waals surface area contributed by atoms with Gasteiger partial charge in [0.2, 0.25) is 6.54 Å². The second kappa shape index (κ2) is 11.9. The van der Waals surface area contributed by atoms with E-state index in [0.717, 1.165) is 39.0 Å². The molecule has 0 aromatic carbocycles. The minimum atomic E-state index is 0.570. The third-order valence-corrected chi connectivity index (χ3v) is 1.77. The molecule has 0 aromatic heterocycles. The third kappa shape index (κ3) is 10.9. The fraction of sp³-hybridized carbons (Fsp3) is 0.800. The van der Waals surface area contributed by atoms with Crippen LogP contribution in [0.2, 0.25) is 0 Å². The Bertz CT molecular complexity index is 167. The molecule has 0 amide bonds. The lowest BCUT2D eigenvalue weighted by Gasteiger charge is -2.02. The third-order valence-electron chi connectivity index (χ3n) is 1.77. The average molecular weight is 194 g/mol. The van der Waals surface area contributed by atoms with Gasteiger partial charge in [-0.15, -0.1) is 0 Å². The molecular formula is C10H18N4. The first-order valence-electron chi connectivity index (χ1n) is 5.03. The lowest BCUT2D eigenvalue weighted by molar-refractivity contribution is 0.593. The molecule has 0 saturated carbocycles. The van der Waals surface area contributed by atoms with Gasteiger partial charge in [-0.3, -0.25) is 0 Å². The topological polar surface area (TPSA) is 52.2 Å². The van der Waals surface area contributed by atoms with E-state index in [9.17, 15) is 0 Å². The first kappa shape index (κ1) is 12.9. The van der Waals surface area contributed by atoms with E-state index in [-0.39, 0.29) is 0 Å². The van der Waals surface area contributed by atoms with Crippen LogP contribution in [0, 0.1) is 17.9 Å². The molecule has 0 unspecified atom stereocenters. The van der Waals surface area contributed by atoms with Gasteiger partial charge in [-0.25, -0.2) is 6.57 Å². The summed E-state index contributed by atoms with van der Waals surface area (Å²) >= 11 is 0. The molecule has 0 rings (SSSR count). The summed E-state index contributed by atoms with van der Waals surface area (Å²) in [5.41, 5.74) is 0. The van der Waals surface area contributed by atoms with Crippen LogP contribution in [0.15, 0.2) is 0 Å². The lowest BCUT2D eigenvalue weighted by atomic mass is 10.3. The Hall–Kier alpha value is -1.10. The maximum Gasteiger partial charge on any atom is 0.226 e. The summed E-state index contributed by atoms with van der Waals surface area (Å²) in [6.45, 7) is 10.7. The van der Waals surface area contributed by atoms with Crippen LogP contribution < -0.4 is 10.6 Å². The maximum atomic E-state index is 8.27. The molecule has 0 fully saturated rings. The van der Waals surface area contributed by atoms with Gasteiger partial charge in [0, 0.05) is 13.0 Å².